The van der Waals surface area contributed by atoms with Gasteiger partial charge in [-0.25, -0.2) is 4.79 Å². The van der Waals surface area contributed by atoms with Gasteiger partial charge < -0.3 is 10.2 Å². The van der Waals surface area contributed by atoms with Crippen molar-refractivity contribution in [3.8, 4) is 0 Å². The highest BCUT2D eigenvalue weighted by atomic mass is 16.2. The minimum atomic E-state index is -0.356. The zero-order chi connectivity index (χ0) is 19.1. The van der Waals surface area contributed by atoms with Crippen molar-refractivity contribution in [1.82, 2.24) is 15.2 Å². The number of rotatable bonds is 5. The molecule has 1 aromatic rings. The molecule has 3 N–H and O–H groups in total. The fraction of sp³-hybridized carbons (Fsp3) is 0.667. The quantitative estimate of drug-likeness (QED) is 0.537. The van der Waals surface area contributed by atoms with Crippen LogP contribution in [-0.4, -0.2) is 41.4 Å². The smallest absolute Gasteiger partial charge is 0.306 e. The molecule has 1 aromatic heterocycles. The predicted molar refractivity (Wildman–Crippen MR) is 109 cm³/mol. The maximum atomic E-state index is 12.2. The van der Waals surface area contributed by atoms with Crippen LogP contribution in [0.3, 0.4) is 0 Å². The summed E-state index contributed by atoms with van der Waals surface area (Å²) < 4.78 is 0. The molecule has 148 valence electrons. The Hall–Kier alpha value is -1.95. The van der Waals surface area contributed by atoms with Crippen molar-refractivity contribution in [3.63, 3.8) is 0 Å². The van der Waals surface area contributed by atoms with Crippen LogP contribution in [0, 0.1) is 24.2 Å². The highest BCUT2D eigenvalue weighted by Gasteiger charge is 2.25. The summed E-state index contributed by atoms with van der Waals surface area (Å²) in [7, 11) is 0. The molecule has 0 unspecified atom stereocenters. The molecule has 2 amide bonds. The minimum Gasteiger partial charge on any atom is -0.306 e. The van der Waals surface area contributed by atoms with E-state index in [9.17, 15) is 4.79 Å². The monoisotopic (exact) mass is 371 g/mol. The summed E-state index contributed by atoms with van der Waals surface area (Å²) in [6.07, 6.45) is 12.0. The molecule has 0 spiro atoms. The van der Waals surface area contributed by atoms with Crippen LogP contribution in [0.25, 0.3) is 0 Å². The van der Waals surface area contributed by atoms with E-state index in [4.69, 9.17) is 5.41 Å². The number of hydrogen-bond donors (Lipinski definition) is 3. The molecule has 1 saturated carbocycles. The van der Waals surface area contributed by atoms with Crippen molar-refractivity contribution in [2.45, 2.75) is 58.3 Å². The van der Waals surface area contributed by atoms with Crippen LogP contribution in [0.2, 0.25) is 0 Å². The largest absolute Gasteiger partial charge is 0.324 e. The average Bonchev–Trinajstić information content (AvgIpc) is 2.69. The van der Waals surface area contributed by atoms with Crippen LogP contribution in [0.15, 0.2) is 18.3 Å². The van der Waals surface area contributed by atoms with E-state index in [0.29, 0.717) is 11.5 Å². The Labute approximate surface area is 162 Å². The van der Waals surface area contributed by atoms with Gasteiger partial charge in [-0.15, -0.1) is 0 Å². The lowest BCUT2D eigenvalue weighted by Crippen LogP contribution is -2.45. The number of hydrogen-bond acceptors (Lipinski definition) is 4. The van der Waals surface area contributed by atoms with Gasteiger partial charge in [0.05, 0.1) is 11.9 Å². The highest BCUT2D eigenvalue weighted by Crippen LogP contribution is 2.27. The minimum absolute atomic E-state index is 0.118. The predicted octanol–water partition coefficient (Wildman–Crippen LogP) is 4.17. The third-order valence-electron chi connectivity index (χ3n) is 5.91. The van der Waals surface area contributed by atoms with E-state index in [-0.39, 0.29) is 11.9 Å². The first-order valence-electron chi connectivity index (χ1n) is 10.4. The summed E-state index contributed by atoms with van der Waals surface area (Å²) >= 11 is 0. The molecule has 0 bridgehead atoms. The topological polar surface area (TPSA) is 81.1 Å². The number of nitrogens with one attached hydrogen (secondary N) is 3. The number of aromatic nitrogens is 1. The van der Waals surface area contributed by atoms with Crippen LogP contribution in [0.1, 0.15) is 57.1 Å². The maximum Gasteiger partial charge on any atom is 0.324 e. The first kappa shape index (κ1) is 19.8. The van der Waals surface area contributed by atoms with E-state index in [2.05, 4.69) is 20.5 Å². The van der Waals surface area contributed by atoms with Crippen molar-refractivity contribution >= 4 is 17.6 Å². The summed E-state index contributed by atoms with van der Waals surface area (Å²) in [6, 6.07) is 3.32. The second-order valence-corrected chi connectivity index (χ2v) is 8.11. The molecule has 3 rings (SSSR count). The second kappa shape index (κ2) is 9.83. The molecule has 2 heterocycles. The van der Waals surface area contributed by atoms with E-state index in [1.807, 2.05) is 19.1 Å². The van der Waals surface area contributed by atoms with Crippen LogP contribution in [0.4, 0.5) is 10.5 Å². The van der Waals surface area contributed by atoms with Crippen molar-refractivity contribution in [1.29, 1.82) is 5.41 Å². The number of piperidine rings is 1. The standard InChI is InChI=1S/C21H33N5O/c1-16-9-10-19(14-23-16)24-21(27)25-20(22)18-8-5-12-26(15-18)13-11-17-6-3-2-4-7-17/h9-10,14,17-18H,2-8,11-13,15H2,1H3,(H3,22,24,25,27)/t18-/m0/s1. The Morgan fingerprint density at radius 2 is 2.04 bits per heavy atom. The first-order chi connectivity index (χ1) is 13.1. The third kappa shape index (κ3) is 6.31. The summed E-state index contributed by atoms with van der Waals surface area (Å²) in [4.78, 5) is 18.8. The van der Waals surface area contributed by atoms with E-state index in [0.717, 1.165) is 44.1 Å². The molecule has 27 heavy (non-hydrogen) atoms. The molecule has 1 aliphatic carbocycles. The van der Waals surface area contributed by atoms with Gasteiger partial charge in [-0.05, 0) is 57.3 Å². The molecule has 6 nitrogen and oxygen atoms in total. The molecule has 1 aliphatic heterocycles. The van der Waals surface area contributed by atoms with Gasteiger partial charge in [0.25, 0.3) is 0 Å². The third-order valence-corrected chi connectivity index (χ3v) is 5.91. The normalized spacial score (nSPS) is 21.6. The Kier molecular flexibility index (Phi) is 7.21. The average molecular weight is 372 g/mol. The molecule has 6 heteroatoms. The van der Waals surface area contributed by atoms with Crippen molar-refractivity contribution in [3.05, 3.63) is 24.0 Å². The van der Waals surface area contributed by atoms with E-state index >= 15 is 0 Å². The lowest BCUT2D eigenvalue weighted by Gasteiger charge is -2.34. The molecule has 0 radical (unpaired) electrons. The van der Waals surface area contributed by atoms with Gasteiger partial charge in [0.2, 0.25) is 0 Å². The lowest BCUT2D eigenvalue weighted by atomic mass is 9.86. The van der Waals surface area contributed by atoms with Crippen molar-refractivity contribution in [2.24, 2.45) is 11.8 Å². The zero-order valence-electron chi connectivity index (χ0n) is 16.5. The van der Waals surface area contributed by atoms with Crippen LogP contribution < -0.4 is 10.6 Å². The van der Waals surface area contributed by atoms with Gasteiger partial charge in [0.15, 0.2) is 0 Å². The summed E-state index contributed by atoms with van der Waals surface area (Å²) in [5, 5.41) is 13.8. The highest BCUT2D eigenvalue weighted by molar-refractivity contribution is 6.02. The van der Waals surface area contributed by atoms with Gasteiger partial charge in [-0.3, -0.25) is 15.7 Å². The number of pyridine rings is 1. The van der Waals surface area contributed by atoms with Gasteiger partial charge >= 0.3 is 6.03 Å². The Balaban J connectivity index is 1.41. The lowest BCUT2D eigenvalue weighted by molar-refractivity contribution is 0.181. The summed E-state index contributed by atoms with van der Waals surface area (Å²) in [6.45, 7) is 5.05. The second-order valence-electron chi connectivity index (χ2n) is 8.11. The molecule has 2 aliphatic rings. The van der Waals surface area contributed by atoms with E-state index in [1.165, 1.54) is 38.5 Å². The Bertz CT molecular complexity index is 624. The maximum absolute atomic E-state index is 12.2. The number of amidine groups is 1. The summed E-state index contributed by atoms with van der Waals surface area (Å²) in [5.74, 6) is 1.34. The van der Waals surface area contributed by atoms with E-state index < -0.39 is 0 Å². The summed E-state index contributed by atoms with van der Waals surface area (Å²) in [5.41, 5.74) is 1.55. The van der Waals surface area contributed by atoms with Crippen molar-refractivity contribution in [2.75, 3.05) is 25.0 Å². The number of nitrogens with zero attached hydrogens (tertiary/aromatic N) is 2. The first-order valence-corrected chi connectivity index (χ1v) is 10.4. The van der Waals surface area contributed by atoms with Gasteiger partial charge in [0, 0.05) is 18.2 Å². The number of carbonyl (C=O) groups excluding carboxylic acids is 1. The Morgan fingerprint density at radius 1 is 1.22 bits per heavy atom. The fourth-order valence-electron chi connectivity index (χ4n) is 4.26. The molecule has 1 atom stereocenters. The zero-order valence-corrected chi connectivity index (χ0v) is 16.5. The van der Waals surface area contributed by atoms with Crippen LogP contribution >= 0.6 is 0 Å². The number of amides is 2. The molecule has 2 fully saturated rings. The number of likely N-dealkylation sites (tertiary alicyclic amines) is 1. The Morgan fingerprint density at radius 3 is 2.78 bits per heavy atom. The molecule has 0 aromatic carbocycles. The SMILES string of the molecule is Cc1ccc(NC(=O)NC(=N)[C@H]2CCCN(CCC3CCCCC3)C2)cn1. The molecular formula is C21H33N5O. The molecule has 1 saturated heterocycles. The molecular weight excluding hydrogens is 338 g/mol. The number of carbonyl (C=O) groups is 1. The van der Waals surface area contributed by atoms with Gasteiger partial charge in [-0.2, -0.15) is 0 Å². The van der Waals surface area contributed by atoms with Gasteiger partial charge in [-0.1, -0.05) is 32.1 Å². The van der Waals surface area contributed by atoms with Crippen LogP contribution in [0.5, 0.6) is 0 Å². The number of aryl methyl sites for hydroxylation is 1. The number of urea groups is 1. The van der Waals surface area contributed by atoms with E-state index in [1.54, 1.807) is 6.20 Å². The number of anilines is 1. The van der Waals surface area contributed by atoms with Crippen LogP contribution in [-0.2, 0) is 0 Å². The fourth-order valence-corrected chi connectivity index (χ4v) is 4.26. The van der Waals surface area contributed by atoms with Gasteiger partial charge in [0.1, 0.15) is 5.84 Å². The van der Waals surface area contributed by atoms with Crippen molar-refractivity contribution < 1.29 is 4.79 Å².